The molecule has 2 aromatic heterocycles. The number of imidazole rings is 1. The summed E-state index contributed by atoms with van der Waals surface area (Å²) < 4.78 is 7.18. The largest absolute Gasteiger partial charge is 0.378 e. The molecule has 1 aliphatic rings. The van der Waals surface area contributed by atoms with Crippen molar-refractivity contribution in [3.05, 3.63) is 72.1 Å². The molecule has 0 radical (unpaired) electrons. The molecular formula is C23H23N7O. The first-order valence-electron chi connectivity index (χ1n) is 10.3. The van der Waals surface area contributed by atoms with Gasteiger partial charge in [0.1, 0.15) is 6.33 Å². The van der Waals surface area contributed by atoms with Crippen LogP contribution < -0.4 is 10.2 Å². The van der Waals surface area contributed by atoms with Crippen molar-refractivity contribution in [1.82, 2.24) is 19.6 Å². The van der Waals surface area contributed by atoms with Crippen LogP contribution in [0.5, 0.6) is 0 Å². The van der Waals surface area contributed by atoms with E-state index >= 15 is 0 Å². The van der Waals surface area contributed by atoms with Crippen LogP contribution in [-0.2, 0) is 4.74 Å². The fourth-order valence-electron chi connectivity index (χ4n) is 3.49. The monoisotopic (exact) mass is 413 g/mol. The third-order valence-electron chi connectivity index (χ3n) is 5.07. The highest BCUT2D eigenvalue weighted by atomic mass is 16.5. The number of nitrogens with zero attached hydrogens (tertiary/aromatic N) is 6. The quantitative estimate of drug-likeness (QED) is 0.504. The minimum absolute atomic E-state index is 0.640. The molecule has 31 heavy (non-hydrogen) atoms. The van der Waals surface area contributed by atoms with Crippen molar-refractivity contribution in [3.63, 3.8) is 0 Å². The third kappa shape index (κ3) is 4.24. The number of rotatable bonds is 5. The predicted molar refractivity (Wildman–Crippen MR) is 122 cm³/mol. The first-order valence-corrected chi connectivity index (χ1v) is 10.3. The minimum atomic E-state index is 0.640. The summed E-state index contributed by atoms with van der Waals surface area (Å²) in [6.45, 7) is 4.88. The zero-order valence-electron chi connectivity index (χ0n) is 17.3. The second-order valence-electron chi connectivity index (χ2n) is 7.38. The standard InChI is InChI=1S/C23H23N7O/c1-17-6-5-7-18(14-17)15-25-30-16-24-20-21(26-19-8-3-2-4-9-19)27-23(28-22(20)30)29-10-12-31-13-11-29/h2-9,14-16H,10-13H2,1H3,(H,26,27,28). The number of benzene rings is 2. The average Bonchev–Trinajstić information content (AvgIpc) is 3.22. The van der Waals surface area contributed by atoms with Crippen LogP contribution >= 0.6 is 0 Å². The van der Waals surface area contributed by atoms with E-state index < -0.39 is 0 Å². The van der Waals surface area contributed by atoms with Crippen molar-refractivity contribution in [2.24, 2.45) is 5.10 Å². The van der Waals surface area contributed by atoms with Crippen LogP contribution in [0.1, 0.15) is 11.1 Å². The van der Waals surface area contributed by atoms with Gasteiger partial charge in [-0.3, -0.25) is 0 Å². The molecule has 8 nitrogen and oxygen atoms in total. The Labute approximate surface area is 180 Å². The lowest BCUT2D eigenvalue weighted by Crippen LogP contribution is -2.37. The number of hydrogen-bond acceptors (Lipinski definition) is 7. The summed E-state index contributed by atoms with van der Waals surface area (Å²) >= 11 is 0. The summed E-state index contributed by atoms with van der Waals surface area (Å²) in [5, 5.41) is 7.99. The van der Waals surface area contributed by atoms with E-state index in [4.69, 9.17) is 14.7 Å². The SMILES string of the molecule is Cc1cccc(C=Nn2cnc3c(Nc4ccccc4)nc(N4CCOCC4)nc32)c1. The number of aryl methyl sites for hydroxylation is 1. The first kappa shape index (κ1) is 19.2. The molecule has 0 aliphatic carbocycles. The van der Waals surface area contributed by atoms with Crippen molar-refractivity contribution < 1.29 is 4.74 Å². The van der Waals surface area contributed by atoms with Crippen molar-refractivity contribution in [1.29, 1.82) is 0 Å². The number of nitrogens with one attached hydrogen (secondary N) is 1. The molecule has 3 heterocycles. The smallest absolute Gasteiger partial charge is 0.229 e. The lowest BCUT2D eigenvalue weighted by atomic mass is 10.2. The topological polar surface area (TPSA) is 80.5 Å². The Kier molecular flexibility index (Phi) is 5.28. The molecule has 0 bridgehead atoms. The second kappa shape index (κ2) is 8.53. The zero-order valence-corrected chi connectivity index (χ0v) is 17.3. The van der Waals surface area contributed by atoms with E-state index in [1.807, 2.05) is 48.7 Å². The molecule has 0 amide bonds. The normalized spacial score (nSPS) is 14.4. The van der Waals surface area contributed by atoms with Crippen molar-refractivity contribution in [2.75, 3.05) is 36.5 Å². The summed E-state index contributed by atoms with van der Waals surface area (Å²) in [6.07, 6.45) is 3.49. The summed E-state index contributed by atoms with van der Waals surface area (Å²) in [7, 11) is 0. The Balaban J connectivity index is 1.56. The van der Waals surface area contributed by atoms with E-state index in [2.05, 4.69) is 39.4 Å². The van der Waals surface area contributed by atoms with Gasteiger partial charge < -0.3 is 15.0 Å². The van der Waals surface area contributed by atoms with Crippen LogP contribution in [0, 0.1) is 6.92 Å². The van der Waals surface area contributed by atoms with Crippen LogP contribution in [0.15, 0.2) is 66.0 Å². The van der Waals surface area contributed by atoms with Crippen LogP contribution in [0.2, 0.25) is 0 Å². The maximum Gasteiger partial charge on any atom is 0.229 e. The maximum absolute atomic E-state index is 5.49. The number of anilines is 3. The van der Waals surface area contributed by atoms with E-state index in [9.17, 15) is 0 Å². The second-order valence-corrected chi connectivity index (χ2v) is 7.38. The number of fused-ring (bicyclic) bond motifs is 1. The highest BCUT2D eigenvalue weighted by Crippen LogP contribution is 2.26. The van der Waals surface area contributed by atoms with Gasteiger partial charge in [0.25, 0.3) is 0 Å². The molecule has 5 rings (SSSR count). The molecule has 4 aromatic rings. The zero-order chi connectivity index (χ0) is 21.0. The average molecular weight is 413 g/mol. The Morgan fingerprint density at radius 3 is 2.68 bits per heavy atom. The van der Waals surface area contributed by atoms with Gasteiger partial charge in [0.15, 0.2) is 17.0 Å². The Morgan fingerprint density at radius 2 is 1.87 bits per heavy atom. The van der Waals surface area contributed by atoms with Crippen LogP contribution in [-0.4, -0.2) is 52.1 Å². The summed E-state index contributed by atoms with van der Waals surface area (Å²) in [5.74, 6) is 1.30. The Morgan fingerprint density at radius 1 is 1.03 bits per heavy atom. The predicted octanol–water partition coefficient (Wildman–Crippen LogP) is 3.60. The summed E-state index contributed by atoms with van der Waals surface area (Å²) in [5.41, 5.74) is 4.46. The van der Waals surface area contributed by atoms with E-state index in [0.29, 0.717) is 36.1 Å². The number of ether oxygens (including phenoxy) is 1. The molecule has 8 heteroatoms. The van der Waals surface area contributed by atoms with Gasteiger partial charge in [-0.2, -0.15) is 15.1 Å². The van der Waals surface area contributed by atoms with Crippen molar-refractivity contribution in [2.45, 2.75) is 6.92 Å². The Hall–Kier alpha value is -3.78. The van der Waals surface area contributed by atoms with Gasteiger partial charge in [0.2, 0.25) is 5.95 Å². The van der Waals surface area contributed by atoms with Gasteiger partial charge in [-0.05, 0) is 24.6 Å². The lowest BCUT2D eigenvalue weighted by Gasteiger charge is -2.27. The first-order chi connectivity index (χ1) is 15.3. The van der Waals surface area contributed by atoms with Gasteiger partial charge >= 0.3 is 0 Å². The number of aromatic nitrogens is 4. The fraction of sp³-hybridized carbons (Fsp3) is 0.217. The highest BCUT2D eigenvalue weighted by Gasteiger charge is 2.19. The van der Waals surface area contributed by atoms with Crippen molar-refractivity contribution in [3.8, 4) is 0 Å². The van der Waals surface area contributed by atoms with E-state index in [1.165, 1.54) is 5.56 Å². The Bertz CT molecular complexity index is 1210. The van der Waals surface area contributed by atoms with E-state index in [-0.39, 0.29) is 0 Å². The fourth-order valence-corrected chi connectivity index (χ4v) is 3.49. The third-order valence-corrected chi connectivity index (χ3v) is 5.07. The van der Waals surface area contributed by atoms with E-state index in [1.54, 1.807) is 11.0 Å². The molecular weight excluding hydrogens is 390 g/mol. The molecule has 0 spiro atoms. The van der Waals surface area contributed by atoms with Crippen LogP contribution in [0.25, 0.3) is 11.2 Å². The molecule has 1 aliphatic heterocycles. The van der Waals surface area contributed by atoms with Gasteiger partial charge in [-0.25, -0.2) is 9.66 Å². The molecule has 1 N–H and O–H groups in total. The van der Waals surface area contributed by atoms with Crippen LogP contribution in [0.3, 0.4) is 0 Å². The minimum Gasteiger partial charge on any atom is -0.378 e. The molecule has 0 unspecified atom stereocenters. The number of para-hydroxylation sites is 1. The van der Waals surface area contributed by atoms with Crippen molar-refractivity contribution >= 4 is 34.8 Å². The summed E-state index contributed by atoms with van der Waals surface area (Å²) in [6, 6.07) is 18.1. The molecule has 156 valence electrons. The van der Waals surface area contributed by atoms with Gasteiger partial charge in [0.05, 0.1) is 19.4 Å². The lowest BCUT2D eigenvalue weighted by molar-refractivity contribution is 0.122. The van der Waals surface area contributed by atoms with Gasteiger partial charge in [-0.15, -0.1) is 0 Å². The van der Waals surface area contributed by atoms with Gasteiger partial charge in [-0.1, -0.05) is 48.0 Å². The van der Waals surface area contributed by atoms with E-state index in [0.717, 1.165) is 24.3 Å². The van der Waals surface area contributed by atoms with Gasteiger partial charge in [0, 0.05) is 18.8 Å². The number of hydrogen-bond donors (Lipinski definition) is 1. The van der Waals surface area contributed by atoms with Crippen LogP contribution in [0.4, 0.5) is 17.5 Å². The molecule has 1 saturated heterocycles. The molecule has 2 aromatic carbocycles. The molecule has 1 fully saturated rings. The molecule has 0 atom stereocenters. The summed E-state index contributed by atoms with van der Waals surface area (Å²) in [4.78, 5) is 16.3. The number of morpholine rings is 1. The molecule has 0 saturated carbocycles. The highest BCUT2D eigenvalue weighted by molar-refractivity contribution is 5.87. The maximum atomic E-state index is 5.49.